The van der Waals surface area contributed by atoms with E-state index in [2.05, 4.69) is 62.6 Å². The second-order valence-electron chi connectivity index (χ2n) is 4.73. The highest BCUT2D eigenvalue weighted by Gasteiger charge is 1.98. The van der Waals surface area contributed by atoms with Crippen LogP contribution in [0.4, 0.5) is 5.69 Å². The zero-order chi connectivity index (χ0) is 12.7. The van der Waals surface area contributed by atoms with Gasteiger partial charge in [-0.25, -0.2) is 0 Å². The van der Waals surface area contributed by atoms with Crippen LogP contribution in [0.25, 0.3) is 0 Å². The quantitative estimate of drug-likeness (QED) is 0.573. The maximum absolute atomic E-state index is 3.41. The monoisotopic (exact) mass is 252 g/mol. The number of thioether (sulfide) groups is 1. The lowest BCUT2D eigenvalue weighted by atomic mass is 10.3. The van der Waals surface area contributed by atoms with Crippen LogP contribution in [0.3, 0.4) is 0 Å². The molecule has 96 valence electrons. The fourth-order valence-corrected chi connectivity index (χ4v) is 2.33. The van der Waals surface area contributed by atoms with Crippen LogP contribution in [-0.4, -0.2) is 24.4 Å². The molecule has 0 heterocycles. The summed E-state index contributed by atoms with van der Waals surface area (Å²) in [5, 5.41) is 7.44. The molecule has 0 radical (unpaired) electrons. The Balaban J connectivity index is 2.30. The summed E-state index contributed by atoms with van der Waals surface area (Å²) in [6.45, 7) is 10.7. The zero-order valence-electron chi connectivity index (χ0n) is 11.3. The van der Waals surface area contributed by atoms with Crippen LogP contribution in [0.1, 0.15) is 27.7 Å². The van der Waals surface area contributed by atoms with Crippen molar-refractivity contribution in [3.63, 3.8) is 0 Å². The minimum atomic E-state index is 0.557. The van der Waals surface area contributed by atoms with Gasteiger partial charge in [-0.15, -0.1) is 11.8 Å². The summed E-state index contributed by atoms with van der Waals surface area (Å²) in [5.41, 5.74) is 1.20. The van der Waals surface area contributed by atoms with E-state index in [4.69, 9.17) is 0 Å². The lowest BCUT2D eigenvalue weighted by Gasteiger charge is -2.11. The molecule has 0 spiro atoms. The average Bonchev–Trinajstić information content (AvgIpc) is 2.25. The molecule has 0 aliphatic rings. The number of hydrogen-bond donors (Lipinski definition) is 2. The first kappa shape index (κ1) is 14.4. The highest BCUT2D eigenvalue weighted by Crippen LogP contribution is 2.23. The Morgan fingerprint density at radius 3 is 2.18 bits per heavy atom. The molecule has 1 aromatic carbocycles. The van der Waals surface area contributed by atoms with E-state index in [1.165, 1.54) is 10.6 Å². The van der Waals surface area contributed by atoms with Crippen molar-refractivity contribution in [2.75, 3.05) is 18.4 Å². The molecular formula is C14H24N2S. The predicted octanol–water partition coefficient (Wildman–Crippen LogP) is 3.60. The maximum Gasteiger partial charge on any atom is 0.0341 e. The molecule has 0 aliphatic heterocycles. The normalized spacial score (nSPS) is 11.2. The van der Waals surface area contributed by atoms with Gasteiger partial charge in [0.05, 0.1) is 0 Å². The molecular weight excluding hydrogens is 228 g/mol. The van der Waals surface area contributed by atoms with E-state index in [1.54, 1.807) is 0 Å². The lowest BCUT2D eigenvalue weighted by Crippen LogP contribution is -2.28. The molecule has 1 rings (SSSR count). The van der Waals surface area contributed by atoms with Gasteiger partial charge in [-0.3, -0.25) is 0 Å². The van der Waals surface area contributed by atoms with E-state index in [9.17, 15) is 0 Å². The molecule has 1 aromatic rings. The molecule has 0 saturated heterocycles. The molecule has 0 saturated carbocycles. The van der Waals surface area contributed by atoms with Crippen molar-refractivity contribution in [2.24, 2.45) is 0 Å². The maximum atomic E-state index is 3.41. The van der Waals surface area contributed by atoms with Crippen molar-refractivity contribution in [2.45, 2.75) is 43.9 Å². The number of benzene rings is 1. The molecule has 0 aliphatic carbocycles. The molecule has 0 atom stereocenters. The Morgan fingerprint density at radius 1 is 1.00 bits per heavy atom. The van der Waals surface area contributed by atoms with E-state index < -0.39 is 0 Å². The minimum absolute atomic E-state index is 0.557. The summed E-state index contributed by atoms with van der Waals surface area (Å²) in [7, 11) is 0. The van der Waals surface area contributed by atoms with E-state index in [0.29, 0.717) is 11.3 Å². The molecule has 2 nitrogen and oxygen atoms in total. The SMILES string of the molecule is CC(C)NCCNc1ccc(SC(C)C)cc1. The minimum Gasteiger partial charge on any atom is -0.384 e. The highest BCUT2D eigenvalue weighted by molar-refractivity contribution is 7.99. The van der Waals surface area contributed by atoms with Crippen molar-refractivity contribution in [1.82, 2.24) is 5.32 Å². The first-order valence-corrected chi connectivity index (χ1v) is 7.20. The van der Waals surface area contributed by atoms with Crippen molar-refractivity contribution >= 4 is 17.4 Å². The Kier molecular flexibility index (Phi) is 6.45. The van der Waals surface area contributed by atoms with Gasteiger partial charge in [-0.05, 0) is 24.3 Å². The molecule has 17 heavy (non-hydrogen) atoms. The first-order valence-electron chi connectivity index (χ1n) is 6.32. The van der Waals surface area contributed by atoms with Gasteiger partial charge >= 0.3 is 0 Å². The zero-order valence-corrected chi connectivity index (χ0v) is 12.1. The fraction of sp³-hybridized carbons (Fsp3) is 0.571. The first-order chi connectivity index (χ1) is 8.08. The third kappa shape index (κ3) is 6.59. The van der Waals surface area contributed by atoms with Crippen LogP contribution < -0.4 is 10.6 Å². The van der Waals surface area contributed by atoms with E-state index in [0.717, 1.165) is 13.1 Å². The molecule has 2 N–H and O–H groups in total. The van der Waals surface area contributed by atoms with Crippen molar-refractivity contribution < 1.29 is 0 Å². The summed E-state index contributed by atoms with van der Waals surface area (Å²) in [5.74, 6) is 0. The number of rotatable bonds is 7. The molecule has 0 aromatic heterocycles. The second kappa shape index (κ2) is 7.62. The van der Waals surface area contributed by atoms with Crippen LogP contribution >= 0.6 is 11.8 Å². The van der Waals surface area contributed by atoms with Crippen molar-refractivity contribution in [3.8, 4) is 0 Å². The summed E-state index contributed by atoms with van der Waals surface area (Å²) < 4.78 is 0. The Bertz CT molecular complexity index is 307. The number of hydrogen-bond acceptors (Lipinski definition) is 3. The molecule has 0 unspecified atom stereocenters. The Labute approximate surface area is 110 Å². The Morgan fingerprint density at radius 2 is 1.65 bits per heavy atom. The third-order valence-electron chi connectivity index (χ3n) is 2.23. The van der Waals surface area contributed by atoms with Gasteiger partial charge < -0.3 is 10.6 Å². The van der Waals surface area contributed by atoms with E-state index >= 15 is 0 Å². The van der Waals surface area contributed by atoms with Gasteiger partial charge in [-0.2, -0.15) is 0 Å². The van der Waals surface area contributed by atoms with Gasteiger partial charge in [-0.1, -0.05) is 27.7 Å². The van der Waals surface area contributed by atoms with Crippen LogP contribution in [0.2, 0.25) is 0 Å². The van der Waals surface area contributed by atoms with Crippen LogP contribution in [0, 0.1) is 0 Å². The second-order valence-corrected chi connectivity index (χ2v) is 6.38. The fourth-order valence-electron chi connectivity index (χ4n) is 1.49. The van der Waals surface area contributed by atoms with Gasteiger partial charge in [0.1, 0.15) is 0 Å². The number of anilines is 1. The summed E-state index contributed by atoms with van der Waals surface area (Å²) >= 11 is 1.90. The molecule has 0 amide bonds. The van der Waals surface area contributed by atoms with Gasteiger partial charge in [0.2, 0.25) is 0 Å². The molecule has 0 bridgehead atoms. The van der Waals surface area contributed by atoms with Gasteiger partial charge in [0, 0.05) is 35.0 Å². The summed E-state index contributed by atoms with van der Waals surface area (Å²) in [6.07, 6.45) is 0. The van der Waals surface area contributed by atoms with Gasteiger partial charge in [0.25, 0.3) is 0 Å². The summed E-state index contributed by atoms with van der Waals surface area (Å²) in [4.78, 5) is 1.34. The van der Waals surface area contributed by atoms with Crippen LogP contribution in [0.5, 0.6) is 0 Å². The van der Waals surface area contributed by atoms with E-state index in [1.807, 2.05) is 11.8 Å². The molecule has 3 heteroatoms. The average molecular weight is 252 g/mol. The highest BCUT2D eigenvalue weighted by atomic mass is 32.2. The summed E-state index contributed by atoms with van der Waals surface area (Å²) in [6, 6.07) is 9.23. The number of nitrogens with one attached hydrogen (secondary N) is 2. The third-order valence-corrected chi connectivity index (χ3v) is 3.25. The Hall–Kier alpha value is -0.670. The van der Waals surface area contributed by atoms with Gasteiger partial charge in [0.15, 0.2) is 0 Å². The van der Waals surface area contributed by atoms with Crippen molar-refractivity contribution in [3.05, 3.63) is 24.3 Å². The predicted molar refractivity (Wildman–Crippen MR) is 79.1 cm³/mol. The standard InChI is InChI=1S/C14H24N2S/c1-11(2)15-9-10-16-13-5-7-14(8-6-13)17-12(3)4/h5-8,11-12,15-16H,9-10H2,1-4H3. The molecule has 0 fully saturated rings. The van der Waals surface area contributed by atoms with E-state index in [-0.39, 0.29) is 0 Å². The largest absolute Gasteiger partial charge is 0.384 e. The lowest BCUT2D eigenvalue weighted by molar-refractivity contribution is 0.602. The topological polar surface area (TPSA) is 24.1 Å². The van der Waals surface area contributed by atoms with Crippen LogP contribution in [-0.2, 0) is 0 Å². The van der Waals surface area contributed by atoms with Crippen LogP contribution in [0.15, 0.2) is 29.2 Å². The van der Waals surface area contributed by atoms with Crippen molar-refractivity contribution in [1.29, 1.82) is 0 Å². The smallest absolute Gasteiger partial charge is 0.0341 e.